The van der Waals surface area contributed by atoms with Crippen LogP contribution < -0.4 is 5.32 Å². The van der Waals surface area contributed by atoms with Crippen LogP contribution in [0.4, 0.5) is 4.79 Å². The molecule has 176 valence electrons. The first kappa shape index (κ1) is 22.2. The average molecular weight is 463 g/mol. The fourth-order valence-corrected chi connectivity index (χ4v) is 5.17. The molecule has 2 aromatic carbocycles. The molecule has 2 aromatic rings. The van der Waals surface area contributed by atoms with Gasteiger partial charge in [0.1, 0.15) is 6.61 Å². The Kier molecular flexibility index (Phi) is 5.61. The van der Waals surface area contributed by atoms with E-state index in [0.717, 1.165) is 22.3 Å². The molecule has 2 aliphatic carbocycles. The van der Waals surface area contributed by atoms with Gasteiger partial charge in [-0.2, -0.15) is 0 Å². The molecule has 1 aliphatic heterocycles. The number of aliphatic hydroxyl groups is 1. The highest BCUT2D eigenvalue weighted by atomic mass is 16.5. The zero-order chi connectivity index (χ0) is 23.9. The zero-order valence-electron chi connectivity index (χ0n) is 18.5. The third kappa shape index (κ3) is 3.94. The number of carbonyl (C=O) groups excluding carboxylic acids is 2. The van der Waals surface area contributed by atoms with E-state index in [2.05, 4.69) is 29.6 Å². The molecular formula is C26H26N2O6. The first-order valence-corrected chi connectivity index (χ1v) is 11.4. The molecule has 0 aromatic heterocycles. The number of carboxylic acids is 1. The van der Waals surface area contributed by atoms with Crippen LogP contribution in [-0.2, 0) is 14.3 Å². The number of amides is 2. The molecule has 3 aliphatic rings. The highest BCUT2D eigenvalue weighted by Gasteiger charge is 2.46. The second kappa shape index (κ2) is 8.61. The Labute approximate surface area is 196 Å². The standard InChI is InChI=1S/C26H26N2O6/c29-23(28-12-11-26(33,15-28)24(30)31)16-9-10-17(13-16)27-25(32)34-14-22-20-7-3-1-5-18(20)19-6-2-4-8-21(19)22/h1-10,16-17,22,33H,11-15H2,(H,27,32)(H,30,31). The Bertz CT molecular complexity index is 1130. The van der Waals surface area contributed by atoms with Crippen molar-refractivity contribution in [3.8, 4) is 11.1 Å². The Morgan fingerprint density at radius 1 is 1.03 bits per heavy atom. The van der Waals surface area contributed by atoms with E-state index in [9.17, 15) is 19.5 Å². The number of ether oxygens (including phenoxy) is 1. The number of likely N-dealkylation sites (tertiary alicyclic amines) is 1. The van der Waals surface area contributed by atoms with Crippen molar-refractivity contribution in [3.63, 3.8) is 0 Å². The number of benzene rings is 2. The lowest BCUT2D eigenvalue weighted by Gasteiger charge is -2.22. The van der Waals surface area contributed by atoms with Gasteiger partial charge in [-0.25, -0.2) is 9.59 Å². The minimum absolute atomic E-state index is 0.00589. The van der Waals surface area contributed by atoms with E-state index in [4.69, 9.17) is 9.84 Å². The molecule has 8 nitrogen and oxygen atoms in total. The molecule has 0 spiro atoms. The molecule has 1 fully saturated rings. The van der Waals surface area contributed by atoms with Gasteiger partial charge in [0.25, 0.3) is 0 Å². The van der Waals surface area contributed by atoms with E-state index in [1.54, 1.807) is 12.2 Å². The Morgan fingerprint density at radius 2 is 1.68 bits per heavy atom. The predicted octanol–water partition coefficient (Wildman–Crippen LogP) is 2.52. The summed E-state index contributed by atoms with van der Waals surface area (Å²) in [5, 5.41) is 22.0. The first-order valence-electron chi connectivity index (χ1n) is 11.4. The first-order chi connectivity index (χ1) is 16.4. The zero-order valence-corrected chi connectivity index (χ0v) is 18.5. The van der Waals surface area contributed by atoms with Crippen LogP contribution in [0.25, 0.3) is 11.1 Å². The average Bonchev–Trinajstić information content (AvgIpc) is 3.54. The number of alkyl carbamates (subject to hydrolysis) is 1. The van der Waals surface area contributed by atoms with Crippen molar-refractivity contribution in [1.29, 1.82) is 0 Å². The smallest absolute Gasteiger partial charge is 0.407 e. The molecule has 0 saturated carbocycles. The Morgan fingerprint density at radius 3 is 2.29 bits per heavy atom. The number of aliphatic carboxylic acids is 1. The third-order valence-corrected chi connectivity index (χ3v) is 7.01. The summed E-state index contributed by atoms with van der Waals surface area (Å²) in [5.41, 5.74) is 2.69. The highest BCUT2D eigenvalue weighted by Crippen LogP contribution is 2.44. The van der Waals surface area contributed by atoms with Gasteiger partial charge in [0.15, 0.2) is 5.60 Å². The number of carboxylic acid groups (broad SMARTS) is 1. The van der Waals surface area contributed by atoms with Crippen molar-refractivity contribution in [2.45, 2.75) is 30.4 Å². The molecule has 0 bridgehead atoms. The molecule has 34 heavy (non-hydrogen) atoms. The second-order valence-corrected chi connectivity index (χ2v) is 9.15. The largest absolute Gasteiger partial charge is 0.479 e. The van der Waals surface area contributed by atoms with Crippen LogP contribution in [0.1, 0.15) is 29.9 Å². The normalized spacial score (nSPS) is 25.1. The van der Waals surface area contributed by atoms with Crippen molar-refractivity contribution in [2.24, 2.45) is 5.92 Å². The van der Waals surface area contributed by atoms with Crippen molar-refractivity contribution in [2.75, 3.05) is 19.7 Å². The molecule has 8 heteroatoms. The lowest BCUT2D eigenvalue weighted by molar-refractivity contribution is -0.157. The molecule has 3 unspecified atom stereocenters. The third-order valence-electron chi connectivity index (χ3n) is 7.01. The maximum Gasteiger partial charge on any atom is 0.407 e. The molecule has 3 atom stereocenters. The number of β-amino-alcohol motifs (C(OH)–C–C–N with tert-alkyl or cyclic N) is 1. The molecule has 2 amide bonds. The van der Waals surface area contributed by atoms with E-state index in [0.29, 0.717) is 6.42 Å². The fourth-order valence-electron chi connectivity index (χ4n) is 5.17. The topological polar surface area (TPSA) is 116 Å². The number of nitrogens with zero attached hydrogens (tertiary/aromatic N) is 1. The van der Waals surface area contributed by atoms with Gasteiger partial charge in [-0.05, 0) is 28.7 Å². The van der Waals surface area contributed by atoms with Crippen molar-refractivity contribution in [1.82, 2.24) is 10.2 Å². The highest BCUT2D eigenvalue weighted by molar-refractivity contribution is 5.85. The van der Waals surface area contributed by atoms with Gasteiger partial charge in [0.05, 0.1) is 18.5 Å². The van der Waals surface area contributed by atoms with E-state index in [1.807, 2.05) is 24.3 Å². The summed E-state index contributed by atoms with van der Waals surface area (Å²) in [6, 6.07) is 15.9. The van der Waals surface area contributed by atoms with Crippen LogP contribution in [0.15, 0.2) is 60.7 Å². The maximum absolute atomic E-state index is 12.7. The van der Waals surface area contributed by atoms with Gasteiger partial charge in [0.2, 0.25) is 5.91 Å². The quantitative estimate of drug-likeness (QED) is 0.588. The van der Waals surface area contributed by atoms with Gasteiger partial charge in [-0.15, -0.1) is 0 Å². The molecule has 1 heterocycles. The van der Waals surface area contributed by atoms with Crippen LogP contribution >= 0.6 is 0 Å². The number of hydrogen-bond acceptors (Lipinski definition) is 5. The SMILES string of the molecule is O=C(NC1C=CC(C(=O)N2CCC(O)(C(=O)O)C2)C1)OCC1c2ccccc2-c2ccccc21. The summed E-state index contributed by atoms with van der Waals surface area (Å²) in [4.78, 5) is 37.9. The van der Waals surface area contributed by atoms with Crippen LogP contribution in [0.5, 0.6) is 0 Å². The van der Waals surface area contributed by atoms with Crippen LogP contribution in [0, 0.1) is 5.92 Å². The Balaban J connectivity index is 1.15. The fraction of sp³-hybridized carbons (Fsp3) is 0.346. The second-order valence-electron chi connectivity index (χ2n) is 9.15. The number of rotatable bonds is 5. The minimum Gasteiger partial charge on any atom is -0.479 e. The molecule has 0 radical (unpaired) electrons. The monoisotopic (exact) mass is 462 g/mol. The number of carbonyl (C=O) groups is 3. The maximum atomic E-state index is 12.7. The van der Waals surface area contributed by atoms with E-state index >= 15 is 0 Å². The number of fused-ring (bicyclic) bond motifs is 3. The molecular weight excluding hydrogens is 436 g/mol. The summed E-state index contributed by atoms with van der Waals surface area (Å²) >= 11 is 0. The van der Waals surface area contributed by atoms with Gasteiger partial charge >= 0.3 is 12.1 Å². The summed E-state index contributed by atoms with van der Waals surface area (Å²) in [6.45, 7) is 0.173. The van der Waals surface area contributed by atoms with Gasteiger partial charge in [-0.1, -0.05) is 60.7 Å². The summed E-state index contributed by atoms with van der Waals surface area (Å²) < 4.78 is 5.57. The summed E-state index contributed by atoms with van der Waals surface area (Å²) in [7, 11) is 0. The van der Waals surface area contributed by atoms with Crippen molar-refractivity contribution in [3.05, 3.63) is 71.8 Å². The van der Waals surface area contributed by atoms with E-state index in [1.165, 1.54) is 4.90 Å². The van der Waals surface area contributed by atoms with Crippen LogP contribution in [0.3, 0.4) is 0 Å². The van der Waals surface area contributed by atoms with Crippen molar-refractivity contribution < 1.29 is 29.3 Å². The van der Waals surface area contributed by atoms with Crippen molar-refractivity contribution >= 4 is 18.0 Å². The lowest BCUT2D eigenvalue weighted by Crippen LogP contribution is -2.44. The lowest BCUT2D eigenvalue weighted by atomic mass is 9.98. The van der Waals surface area contributed by atoms with Gasteiger partial charge in [0, 0.05) is 18.9 Å². The predicted molar refractivity (Wildman–Crippen MR) is 123 cm³/mol. The Hall–Kier alpha value is -3.65. The number of hydrogen-bond donors (Lipinski definition) is 3. The molecule has 3 N–H and O–H groups in total. The summed E-state index contributed by atoms with van der Waals surface area (Å²) in [5.74, 6) is -2.07. The van der Waals surface area contributed by atoms with Gasteiger partial charge in [-0.3, -0.25) is 4.79 Å². The molecule has 1 saturated heterocycles. The van der Waals surface area contributed by atoms with Crippen LogP contribution in [-0.4, -0.2) is 64.4 Å². The minimum atomic E-state index is -1.89. The van der Waals surface area contributed by atoms with Crippen LogP contribution in [0.2, 0.25) is 0 Å². The molecule has 5 rings (SSSR count). The van der Waals surface area contributed by atoms with E-state index < -0.39 is 23.6 Å². The number of nitrogens with one attached hydrogen (secondary N) is 1. The van der Waals surface area contributed by atoms with Gasteiger partial charge < -0.3 is 25.2 Å². The summed E-state index contributed by atoms with van der Waals surface area (Å²) in [6.07, 6.45) is 3.29. The van der Waals surface area contributed by atoms with E-state index in [-0.39, 0.29) is 44.0 Å².